The minimum Gasteiger partial charge on any atom is -0.287 e. The SMILES string of the molecule is O=C(c1ccc(Cl)nc1)c1ccc(C(=O)Cl)c(Cl)n1. The second-order valence-corrected chi connectivity index (χ2v) is 4.60. The van der Waals surface area contributed by atoms with E-state index in [0.717, 1.165) is 0 Å². The molecule has 0 spiro atoms. The second-order valence-electron chi connectivity index (χ2n) is 3.51. The van der Waals surface area contributed by atoms with Crippen LogP contribution in [0.15, 0.2) is 30.5 Å². The number of carbonyl (C=O) groups excluding carboxylic acids is 2. The van der Waals surface area contributed by atoms with E-state index in [-0.39, 0.29) is 27.3 Å². The van der Waals surface area contributed by atoms with Crippen LogP contribution in [0, 0.1) is 0 Å². The average Bonchev–Trinajstić information content (AvgIpc) is 2.38. The molecule has 2 aromatic rings. The van der Waals surface area contributed by atoms with Crippen LogP contribution < -0.4 is 0 Å². The molecule has 2 heterocycles. The van der Waals surface area contributed by atoms with Gasteiger partial charge in [0.15, 0.2) is 0 Å². The lowest BCUT2D eigenvalue weighted by Gasteiger charge is -2.03. The summed E-state index contributed by atoms with van der Waals surface area (Å²) in [5, 5.41) is -0.567. The Labute approximate surface area is 123 Å². The highest BCUT2D eigenvalue weighted by Crippen LogP contribution is 2.18. The summed E-state index contributed by atoms with van der Waals surface area (Å²) in [4.78, 5) is 30.7. The van der Waals surface area contributed by atoms with Gasteiger partial charge in [-0.3, -0.25) is 9.59 Å². The number of pyridine rings is 2. The standard InChI is InChI=1S/C12H5Cl3N2O2/c13-9-4-1-6(5-16-9)10(18)8-3-2-7(12(15)19)11(14)17-8/h1-5H. The van der Waals surface area contributed by atoms with Crippen molar-refractivity contribution in [2.24, 2.45) is 0 Å². The Balaban J connectivity index is 2.37. The molecular formula is C12H5Cl3N2O2. The summed E-state index contributed by atoms with van der Waals surface area (Å²) in [5.41, 5.74) is 0.461. The van der Waals surface area contributed by atoms with E-state index in [1.165, 1.54) is 30.5 Å². The third-order valence-electron chi connectivity index (χ3n) is 2.28. The minimum absolute atomic E-state index is 0.0501. The molecule has 0 saturated heterocycles. The van der Waals surface area contributed by atoms with Gasteiger partial charge in [0.25, 0.3) is 5.24 Å². The van der Waals surface area contributed by atoms with Crippen molar-refractivity contribution in [3.8, 4) is 0 Å². The van der Waals surface area contributed by atoms with Gasteiger partial charge >= 0.3 is 0 Å². The number of hydrogen-bond acceptors (Lipinski definition) is 4. The molecule has 0 atom stereocenters. The van der Waals surface area contributed by atoms with Crippen LogP contribution in [0.5, 0.6) is 0 Å². The van der Waals surface area contributed by atoms with Gasteiger partial charge in [-0.15, -0.1) is 0 Å². The summed E-state index contributed by atoms with van der Waals surface area (Å²) in [6.07, 6.45) is 1.33. The molecule has 0 amide bonds. The quantitative estimate of drug-likeness (QED) is 0.495. The predicted molar refractivity (Wildman–Crippen MR) is 72.1 cm³/mol. The number of hydrogen-bond donors (Lipinski definition) is 0. The van der Waals surface area contributed by atoms with Crippen LogP contribution in [0.25, 0.3) is 0 Å². The Hall–Kier alpha value is -1.49. The molecule has 19 heavy (non-hydrogen) atoms. The van der Waals surface area contributed by atoms with Crippen molar-refractivity contribution >= 4 is 45.8 Å². The van der Waals surface area contributed by atoms with Crippen LogP contribution in [0.1, 0.15) is 26.4 Å². The molecule has 0 aliphatic carbocycles. The van der Waals surface area contributed by atoms with Crippen molar-refractivity contribution in [3.05, 3.63) is 57.6 Å². The summed E-state index contributed by atoms with van der Waals surface area (Å²) in [6.45, 7) is 0. The van der Waals surface area contributed by atoms with Crippen molar-refractivity contribution in [1.82, 2.24) is 9.97 Å². The Bertz CT molecular complexity index is 657. The molecule has 0 bridgehead atoms. The zero-order valence-corrected chi connectivity index (χ0v) is 11.5. The van der Waals surface area contributed by atoms with Crippen LogP contribution in [-0.4, -0.2) is 21.0 Å². The fourth-order valence-electron chi connectivity index (χ4n) is 1.37. The third-order valence-corrected chi connectivity index (χ3v) is 3.00. The number of nitrogens with zero attached hydrogens (tertiary/aromatic N) is 2. The van der Waals surface area contributed by atoms with Crippen molar-refractivity contribution in [2.45, 2.75) is 0 Å². The largest absolute Gasteiger partial charge is 0.287 e. The van der Waals surface area contributed by atoms with Gasteiger partial charge < -0.3 is 0 Å². The number of carbonyl (C=O) groups is 2. The molecular weight excluding hydrogens is 311 g/mol. The van der Waals surface area contributed by atoms with Crippen molar-refractivity contribution in [3.63, 3.8) is 0 Å². The van der Waals surface area contributed by atoms with Gasteiger partial charge in [0.05, 0.1) is 5.56 Å². The molecule has 2 rings (SSSR count). The Morgan fingerprint density at radius 3 is 2.32 bits per heavy atom. The van der Waals surface area contributed by atoms with Gasteiger partial charge in [0.1, 0.15) is 16.0 Å². The molecule has 96 valence electrons. The van der Waals surface area contributed by atoms with E-state index >= 15 is 0 Å². The van der Waals surface area contributed by atoms with Crippen LogP contribution in [0.2, 0.25) is 10.3 Å². The average molecular weight is 316 g/mol. The molecule has 0 radical (unpaired) electrons. The lowest BCUT2D eigenvalue weighted by Crippen LogP contribution is -2.06. The number of halogens is 3. The van der Waals surface area contributed by atoms with E-state index in [0.29, 0.717) is 5.56 Å². The highest BCUT2D eigenvalue weighted by Gasteiger charge is 2.15. The maximum absolute atomic E-state index is 12.1. The normalized spacial score (nSPS) is 10.3. The van der Waals surface area contributed by atoms with E-state index in [1.54, 1.807) is 0 Å². The first kappa shape index (κ1) is 13.9. The maximum Gasteiger partial charge on any atom is 0.255 e. The van der Waals surface area contributed by atoms with Gasteiger partial charge in [0.2, 0.25) is 5.78 Å². The second kappa shape index (κ2) is 5.65. The van der Waals surface area contributed by atoms with Crippen molar-refractivity contribution in [2.75, 3.05) is 0 Å². The molecule has 2 aromatic heterocycles. The van der Waals surface area contributed by atoms with E-state index in [9.17, 15) is 9.59 Å². The highest BCUT2D eigenvalue weighted by molar-refractivity contribution is 6.68. The van der Waals surface area contributed by atoms with E-state index in [2.05, 4.69) is 9.97 Å². The maximum atomic E-state index is 12.1. The number of rotatable bonds is 3. The van der Waals surface area contributed by atoms with E-state index in [4.69, 9.17) is 34.8 Å². The Kier molecular flexibility index (Phi) is 4.14. The summed E-state index contributed by atoms with van der Waals surface area (Å²) < 4.78 is 0. The molecule has 0 aliphatic heterocycles. The highest BCUT2D eigenvalue weighted by atomic mass is 35.5. The zero-order valence-electron chi connectivity index (χ0n) is 9.23. The van der Waals surface area contributed by atoms with Crippen LogP contribution in [0.4, 0.5) is 0 Å². The summed E-state index contributed by atoms with van der Waals surface area (Å²) in [6, 6.07) is 5.74. The predicted octanol–water partition coefficient (Wildman–Crippen LogP) is 3.39. The molecule has 0 aromatic carbocycles. The lowest BCUT2D eigenvalue weighted by atomic mass is 10.1. The van der Waals surface area contributed by atoms with Gasteiger partial charge in [-0.05, 0) is 35.9 Å². The first-order valence-electron chi connectivity index (χ1n) is 5.01. The first-order valence-corrected chi connectivity index (χ1v) is 6.15. The summed E-state index contributed by atoms with van der Waals surface area (Å²) in [7, 11) is 0. The minimum atomic E-state index is -0.732. The molecule has 4 nitrogen and oxygen atoms in total. The fourth-order valence-corrected chi connectivity index (χ4v) is 1.92. The van der Waals surface area contributed by atoms with Crippen LogP contribution in [0.3, 0.4) is 0 Å². The summed E-state index contributed by atoms with van der Waals surface area (Å²) in [5.74, 6) is -0.375. The fraction of sp³-hybridized carbons (Fsp3) is 0. The molecule has 0 unspecified atom stereocenters. The molecule has 0 saturated carbocycles. The molecule has 7 heteroatoms. The molecule has 0 N–H and O–H groups in total. The van der Waals surface area contributed by atoms with Crippen LogP contribution in [-0.2, 0) is 0 Å². The first-order chi connectivity index (χ1) is 8.99. The van der Waals surface area contributed by atoms with E-state index < -0.39 is 5.24 Å². The monoisotopic (exact) mass is 314 g/mol. The van der Waals surface area contributed by atoms with Gasteiger partial charge in [-0.2, -0.15) is 0 Å². The van der Waals surface area contributed by atoms with Gasteiger partial charge in [-0.25, -0.2) is 9.97 Å². The van der Waals surface area contributed by atoms with E-state index in [1.807, 2.05) is 0 Å². The molecule has 0 aliphatic rings. The zero-order chi connectivity index (χ0) is 14.0. The summed E-state index contributed by atoms with van der Waals surface area (Å²) >= 11 is 16.7. The smallest absolute Gasteiger partial charge is 0.255 e. The van der Waals surface area contributed by atoms with Gasteiger partial charge in [-0.1, -0.05) is 23.2 Å². The van der Waals surface area contributed by atoms with Gasteiger partial charge in [0, 0.05) is 11.8 Å². The Morgan fingerprint density at radius 1 is 1.05 bits per heavy atom. The van der Waals surface area contributed by atoms with Crippen molar-refractivity contribution in [1.29, 1.82) is 0 Å². The number of aromatic nitrogens is 2. The third kappa shape index (κ3) is 3.10. The lowest BCUT2D eigenvalue weighted by molar-refractivity contribution is 0.103. The molecule has 0 fully saturated rings. The number of ketones is 1. The Morgan fingerprint density at radius 2 is 1.79 bits per heavy atom. The van der Waals surface area contributed by atoms with Crippen molar-refractivity contribution < 1.29 is 9.59 Å². The topological polar surface area (TPSA) is 59.9 Å². The van der Waals surface area contributed by atoms with Crippen LogP contribution >= 0.6 is 34.8 Å².